The summed E-state index contributed by atoms with van der Waals surface area (Å²) >= 11 is 0. The molecule has 3 N–H and O–H groups in total. The summed E-state index contributed by atoms with van der Waals surface area (Å²) in [5.74, 6) is 1.05. The number of hydrogen-bond donors (Lipinski definition) is 3. The van der Waals surface area contributed by atoms with Gasteiger partial charge < -0.3 is 25.5 Å². The van der Waals surface area contributed by atoms with Gasteiger partial charge in [0, 0.05) is 52.2 Å². The van der Waals surface area contributed by atoms with Crippen molar-refractivity contribution in [2.24, 2.45) is 4.99 Å². The van der Waals surface area contributed by atoms with Crippen LogP contribution in [0.4, 0.5) is 5.69 Å². The van der Waals surface area contributed by atoms with Crippen molar-refractivity contribution in [3.05, 3.63) is 24.3 Å². The first kappa shape index (κ1) is 24.5. The molecule has 3 rings (SSSR count). The van der Waals surface area contributed by atoms with Crippen LogP contribution >= 0.6 is 24.0 Å². The number of aliphatic imine (C=N–C) groups is 1. The first-order chi connectivity index (χ1) is 13.9. The van der Waals surface area contributed by atoms with Crippen molar-refractivity contribution in [1.82, 2.24) is 15.5 Å². The van der Waals surface area contributed by atoms with Crippen LogP contribution in [0.5, 0.6) is 5.75 Å². The molecule has 1 aromatic carbocycles. The average Bonchev–Trinajstić information content (AvgIpc) is 3.04. The lowest BCUT2D eigenvalue weighted by Crippen LogP contribution is -2.53. The summed E-state index contributed by atoms with van der Waals surface area (Å²) in [7, 11) is -1.29. The van der Waals surface area contributed by atoms with E-state index in [2.05, 4.69) is 25.4 Å². The quantitative estimate of drug-likeness (QED) is 0.276. The molecule has 11 heteroatoms. The van der Waals surface area contributed by atoms with Gasteiger partial charge in [-0.05, 0) is 18.6 Å². The maximum atomic E-state index is 12.1. The van der Waals surface area contributed by atoms with E-state index in [0.29, 0.717) is 13.0 Å². The van der Waals surface area contributed by atoms with Crippen LogP contribution in [0, 0.1) is 0 Å². The van der Waals surface area contributed by atoms with E-state index in [-0.39, 0.29) is 59.6 Å². The van der Waals surface area contributed by atoms with E-state index in [1.807, 2.05) is 18.2 Å². The third kappa shape index (κ3) is 6.62. The number of sulfone groups is 1. The Morgan fingerprint density at radius 2 is 1.93 bits per heavy atom. The van der Waals surface area contributed by atoms with E-state index in [4.69, 9.17) is 0 Å². The summed E-state index contributed by atoms with van der Waals surface area (Å²) in [6.07, 6.45) is 0.748. The second kappa shape index (κ2) is 11.0. The predicted octanol–water partition coefficient (Wildman–Crippen LogP) is 0.401. The van der Waals surface area contributed by atoms with Crippen molar-refractivity contribution in [3.8, 4) is 5.75 Å². The Labute approximate surface area is 194 Å². The third-order valence-corrected chi connectivity index (χ3v) is 7.01. The van der Waals surface area contributed by atoms with Gasteiger partial charge in [0.2, 0.25) is 5.91 Å². The van der Waals surface area contributed by atoms with E-state index in [1.54, 1.807) is 13.1 Å². The summed E-state index contributed by atoms with van der Waals surface area (Å²) in [5.41, 5.74) is 0.834. The molecule has 1 unspecified atom stereocenters. The SMILES string of the molecule is CN=C(NCCC(=O)NC1CCS(=O)(=O)C1)N1CCN(c2ccccc2O)CC1.I. The second-order valence-corrected chi connectivity index (χ2v) is 9.58. The molecule has 2 fully saturated rings. The number of rotatable bonds is 5. The molecular weight excluding hydrogens is 521 g/mol. The minimum absolute atomic E-state index is 0. The van der Waals surface area contributed by atoms with E-state index < -0.39 is 9.84 Å². The van der Waals surface area contributed by atoms with Gasteiger partial charge in [-0.2, -0.15) is 0 Å². The zero-order valence-electron chi connectivity index (χ0n) is 17.1. The Morgan fingerprint density at radius 1 is 1.23 bits per heavy atom. The minimum Gasteiger partial charge on any atom is -0.506 e. The van der Waals surface area contributed by atoms with Gasteiger partial charge in [-0.25, -0.2) is 8.42 Å². The molecule has 0 spiro atoms. The van der Waals surface area contributed by atoms with E-state index >= 15 is 0 Å². The number of phenols is 1. The lowest BCUT2D eigenvalue weighted by Gasteiger charge is -2.37. The fourth-order valence-corrected chi connectivity index (χ4v) is 5.39. The molecular formula is C19H30IN5O4S. The number of aromatic hydroxyl groups is 1. The second-order valence-electron chi connectivity index (χ2n) is 7.35. The van der Waals surface area contributed by atoms with Gasteiger partial charge in [-0.1, -0.05) is 12.1 Å². The maximum Gasteiger partial charge on any atom is 0.222 e. The standard InChI is InChI=1S/C19H29N5O4S.HI/c1-20-19(21-8-6-18(26)22-15-7-13-29(27,28)14-15)24-11-9-23(10-12-24)16-4-2-3-5-17(16)25;/h2-5,15,25H,6-14H2,1H3,(H,20,21)(H,22,26);1H. The summed E-state index contributed by atoms with van der Waals surface area (Å²) in [4.78, 5) is 20.6. The van der Waals surface area contributed by atoms with Crippen LogP contribution in [0.1, 0.15) is 12.8 Å². The molecule has 0 bridgehead atoms. The molecule has 1 atom stereocenters. The monoisotopic (exact) mass is 551 g/mol. The lowest BCUT2D eigenvalue weighted by atomic mass is 10.2. The number of piperazine rings is 1. The molecule has 0 aromatic heterocycles. The van der Waals surface area contributed by atoms with Crippen LogP contribution in [0.3, 0.4) is 0 Å². The average molecular weight is 551 g/mol. The molecule has 9 nitrogen and oxygen atoms in total. The molecule has 2 heterocycles. The minimum atomic E-state index is -3.00. The van der Waals surface area contributed by atoms with Crippen LogP contribution in [0.2, 0.25) is 0 Å². The highest BCUT2D eigenvalue weighted by Crippen LogP contribution is 2.27. The van der Waals surface area contributed by atoms with Crippen molar-refractivity contribution < 1.29 is 18.3 Å². The number of halogens is 1. The molecule has 168 valence electrons. The molecule has 0 aliphatic carbocycles. The smallest absolute Gasteiger partial charge is 0.222 e. The summed E-state index contributed by atoms with van der Waals surface area (Å²) in [6, 6.07) is 7.05. The number of anilines is 1. The summed E-state index contributed by atoms with van der Waals surface area (Å²) in [5, 5.41) is 16.0. The fraction of sp³-hybridized carbons (Fsp3) is 0.579. The summed E-state index contributed by atoms with van der Waals surface area (Å²) < 4.78 is 22.9. The van der Waals surface area contributed by atoms with Crippen molar-refractivity contribution in [1.29, 1.82) is 0 Å². The Kier molecular flexibility index (Phi) is 9.01. The van der Waals surface area contributed by atoms with Crippen LogP contribution in [0.25, 0.3) is 0 Å². The molecule has 1 amide bonds. The number of guanidine groups is 1. The van der Waals surface area contributed by atoms with E-state index in [1.165, 1.54) is 0 Å². The fourth-order valence-electron chi connectivity index (χ4n) is 3.72. The van der Waals surface area contributed by atoms with Crippen molar-refractivity contribution in [2.75, 3.05) is 56.2 Å². The molecule has 2 aliphatic rings. The molecule has 2 aliphatic heterocycles. The zero-order valence-corrected chi connectivity index (χ0v) is 20.2. The largest absolute Gasteiger partial charge is 0.506 e. The number of nitrogens with zero attached hydrogens (tertiary/aromatic N) is 3. The number of benzene rings is 1. The maximum absolute atomic E-state index is 12.1. The Balaban J connectivity index is 0.00000320. The van der Waals surface area contributed by atoms with Crippen LogP contribution < -0.4 is 15.5 Å². The van der Waals surface area contributed by atoms with E-state index in [0.717, 1.165) is 37.8 Å². The number of amides is 1. The van der Waals surface area contributed by atoms with Gasteiger partial charge in [-0.15, -0.1) is 24.0 Å². The van der Waals surface area contributed by atoms with Crippen LogP contribution in [0.15, 0.2) is 29.3 Å². The Morgan fingerprint density at radius 3 is 2.53 bits per heavy atom. The van der Waals surface area contributed by atoms with Crippen LogP contribution in [-0.2, 0) is 14.6 Å². The molecule has 30 heavy (non-hydrogen) atoms. The number of carbonyl (C=O) groups is 1. The zero-order chi connectivity index (χ0) is 20.9. The van der Waals surface area contributed by atoms with Gasteiger partial charge in [0.25, 0.3) is 0 Å². The predicted molar refractivity (Wildman–Crippen MR) is 128 cm³/mol. The van der Waals surface area contributed by atoms with Crippen molar-refractivity contribution in [2.45, 2.75) is 18.9 Å². The highest BCUT2D eigenvalue weighted by Gasteiger charge is 2.28. The van der Waals surface area contributed by atoms with Crippen molar-refractivity contribution in [3.63, 3.8) is 0 Å². The lowest BCUT2D eigenvalue weighted by molar-refractivity contribution is -0.121. The van der Waals surface area contributed by atoms with Gasteiger partial charge in [0.05, 0.1) is 17.2 Å². The van der Waals surface area contributed by atoms with Gasteiger partial charge in [-0.3, -0.25) is 9.79 Å². The highest BCUT2D eigenvalue weighted by atomic mass is 127. The summed E-state index contributed by atoms with van der Waals surface area (Å²) in [6.45, 7) is 3.45. The number of hydrogen-bond acceptors (Lipinski definition) is 6. The van der Waals surface area contributed by atoms with Crippen LogP contribution in [-0.4, -0.2) is 87.6 Å². The van der Waals surface area contributed by atoms with Crippen molar-refractivity contribution >= 4 is 51.4 Å². The number of carbonyl (C=O) groups excluding carboxylic acids is 1. The normalized spacial score (nSPS) is 21.1. The number of nitrogens with one attached hydrogen (secondary N) is 2. The van der Waals surface area contributed by atoms with Gasteiger partial charge >= 0.3 is 0 Å². The van der Waals surface area contributed by atoms with E-state index in [9.17, 15) is 18.3 Å². The third-order valence-electron chi connectivity index (χ3n) is 5.25. The Hall–Kier alpha value is -1.76. The number of para-hydroxylation sites is 2. The molecule has 0 radical (unpaired) electrons. The van der Waals surface area contributed by atoms with Gasteiger partial charge in [0.15, 0.2) is 15.8 Å². The first-order valence-electron chi connectivity index (χ1n) is 9.86. The molecule has 2 saturated heterocycles. The first-order valence-corrected chi connectivity index (χ1v) is 11.7. The van der Waals surface area contributed by atoms with Gasteiger partial charge in [0.1, 0.15) is 5.75 Å². The highest BCUT2D eigenvalue weighted by molar-refractivity contribution is 14.0. The molecule has 0 saturated carbocycles. The number of phenolic OH excluding ortho intramolecular Hbond substituents is 1. The Bertz CT molecular complexity index is 856. The topological polar surface area (TPSA) is 114 Å². The molecule has 1 aromatic rings.